The molecule has 1 heterocycles. The summed E-state index contributed by atoms with van der Waals surface area (Å²) in [4.78, 5) is 23.1. The number of fused-ring (bicyclic) bond motifs is 1. The Hall–Kier alpha value is -3.35. The minimum Gasteiger partial charge on any atom is -0.396 e. The third kappa shape index (κ3) is 6.03. The van der Waals surface area contributed by atoms with Gasteiger partial charge in [0.05, 0.1) is 22.3 Å². The van der Waals surface area contributed by atoms with E-state index in [4.69, 9.17) is 38.0 Å². The van der Waals surface area contributed by atoms with Gasteiger partial charge in [-0.15, -0.1) is 0 Å². The molecule has 13 heteroatoms. The van der Waals surface area contributed by atoms with E-state index in [1.165, 1.54) is 24.5 Å². The molecule has 3 aromatic carbocycles. The molecule has 0 aliphatic carbocycles. The highest BCUT2D eigenvalue weighted by Crippen LogP contribution is 2.49. The lowest BCUT2D eigenvalue weighted by Crippen LogP contribution is -2.42. The van der Waals surface area contributed by atoms with Gasteiger partial charge >= 0.3 is 6.18 Å². The van der Waals surface area contributed by atoms with E-state index in [1.807, 2.05) is 0 Å². The first-order chi connectivity index (χ1) is 19.1. The van der Waals surface area contributed by atoms with E-state index in [1.54, 1.807) is 24.3 Å². The molecule has 0 spiro atoms. The predicted molar refractivity (Wildman–Crippen MR) is 142 cm³/mol. The van der Waals surface area contributed by atoms with E-state index in [-0.39, 0.29) is 17.9 Å². The van der Waals surface area contributed by atoms with Crippen LogP contribution in [0.15, 0.2) is 67.0 Å². The van der Waals surface area contributed by atoms with Crippen LogP contribution in [0.2, 0.25) is 10.0 Å². The summed E-state index contributed by atoms with van der Waals surface area (Å²) in [6.07, 6.45) is -0.177. The van der Waals surface area contributed by atoms with Crippen molar-refractivity contribution in [3.05, 3.63) is 99.6 Å². The van der Waals surface area contributed by atoms with Crippen LogP contribution in [0.3, 0.4) is 0 Å². The van der Waals surface area contributed by atoms with Crippen LogP contribution in [0, 0.1) is 5.82 Å². The first kappa shape index (κ1) is 29.6. The Balaban J connectivity index is 1.64. The molecule has 4 rings (SSSR count). The number of nitrogens with one attached hydrogen (secondary N) is 3. The van der Waals surface area contributed by atoms with Crippen LogP contribution < -0.4 is 16.3 Å². The Bertz CT molecular complexity index is 1440. The molecule has 40 heavy (non-hydrogen) atoms. The number of rotatable bonds is 10. The second-order valence-electron chi connectivity index (χ2n) is 8.66. The zero-order valence-corrected chi connectivity index (χ0v) is 22.1. The highest BCUT2D eigenvalue weighted by Gasteiger charge is 2.60. The van der Waals surface area contributed by atoms with Crippen molar-refractivity contribution in [3.8, 4) is 0 Å². The molecule has 0 fully saturated rings. The standard InChI is InChI=1S/C27H23Cl2F4N3O4/c28-21-13-16(14-22(29)24(21)30)26(27(31,32)33)15-23(36-40-26)19-7-8-20(18-6-2-1-5-17(18)19)25(38)34-9-10-35-39-12-4-3-11-37/h1-2,5-10,13-15,35-37H,3-4,11-12H2,(H,34,38). The van der Waals surface area contributed by atoms with Crippen LogP contribution in [0.4, 0.5) is 17.6 Å². The predicted octanol–water partition coefficient (Wildman–Crippen LogP) is 6.11. The molecule has 1 unspecified atom stereocenters. The summed E-state index contributed by atoms with van der Waals surface area (Å²) in [5.74, 6) is -1.51. The maximum absolute atomic E-state index is 14.4. The number of hydrogen-bond acceptors (Lipinski definition) is 6. The molecule has 0 radical (unpaired) electrons. The van der Waals surface area contributed by atoms with Crippen LogP contribution in [-0.4, -0.2) is 30.4 Å². The monoisotopic (exact) mass is 599 g/mol. The Morgan fingerprint density at radius 1 is 1.07 bits per heavy atom. The largest absolute Gasteiger partial charge is 0.428 e. The number of halogens is 6. The van der Waals surface area contributed by atoms with Gasteiger partial charge in [-0.2, -0.15) is 13.2 Å². The summed E-state index contributed by atoms with van der Waals surface area (Å²) in [6.45, 7) is 0.443. The quantitative estimate of drug-likeness (QED) is 0.0972. The van der Waals surface area contributed by atoms with E-state index in [2.05, 4.69) is 16.3 Å². The fraction of sp³-hybridized carbons (Fsp3) is 0.222. The van der Waals surface area contributed by atoms with Crippen molar-refractivity contribution in [2.75, 3.05) is 13.2 Å². The van der Waals surface area contributed by atoms with Crippen LogP contribution in [0.5, 0.6) is 0 Å². The van der Waals surface area contributed by atoms with Gasteiger partial charge in [0.1, 0.15) is 0 Å². The van der Waals surface area contributed by atoms with Crippen molar-refractivity contribution < 1.29 is 37.1 Å². The van der Waals surface area contributed by atoms with Crippen LogP contribution in [0.25, 0.3) is 16.5 Å². The van der Waals surface area contributed by atoms with Gasteiger partial charge < -0.3 is 10.4 Å². The number of unbranched alkanes of at least 4 members (excludes halogenated alkanes) is 1. The first-order valence-corrected chi connectivity index (χ1v) is 12.7. The number of carbonyl (C=O) groups excluding carboxylic acids is 1. The van der Waals surface area contributed by atoms with Gasteiger partial charge in [0, 0.05) is 35.7 Å². The number of hydroxylamine groups is 2. The van der Waals surface area contributed by atoms with Crippen molar-refractivity contribution in [1.82, 2.24) is 16.3 Å². The smallest absolute Gasteiger partial charge is 0.396 e. The van der Waals surface area contributed by atoms with Crippen molar-refractivity contribution >= 4 is 45.6 Å². The zero-order valence-electron chi connectivity index (χ0n) is 20.6. The van der Waals surface area contributed by atoms with Gasteiger partial charge in [0.25, 0.3) is 5.91 Å². The molecule has 1 aliphatic heterocycles. The average molecular weight is 600 g/mol. The first-order valence-electron chi connectivity index (χ1n) is 11.9. The van der Waals surface area contributed by atoms with Crippen molar-refractivity contribution in [2.45, 2.75) is 24.6 Å². The Morgan fingerprint density at radius 3 is 2.45 bits per heavy atom. The van der Waals surface area contributed by atoms with Gasteiger partial charge in [0.2, 0.25) is 5.60 Å². The van der Waals surface area contributed by atoms with E-state index in [0.29, 0.717) is 35.8 Å². The van der Waals surface area contributed by atoms with Gasteiger partial charge in [0.15, 0.2) is 5.82 Å². The van der Waals surface area contributed by atoms with Crippen molar-refractivity contribution in [2.24, 2.45) is 0 Å². The molecule has 1 amide bonds. The molecule has 212 valence electrons. The minimum atomic E-state index is -4.98. The van der Waals surface area contributed by atoms with Gasteiger partial charge in [-0.3, -0.25) is 25.4 Å². The summed E-state index contributed by atoms with van der Waals surface area (Å²) in [5, 5.41) is 11.1. The zero-order chi connectivity index (χ0) is 28.9. The molecule has 0 saturated carbocycles. The molecule has 0 bridgehead atoms. The summed E-state index contributed by atoms with van der Waals surface area (Å²) in [5.41, 5.74) is 1.92. The second kappa shape index (κ2) is 12.4. The molecule has 7 nitrogen and oxygen atoms in total. The fourth-order valence-corrected chi connectivity index (χ4v) is 4.59. The lowest BCUT2D eigenvalue weighted by molar-refractivity contribution is -0.269. The highest BCUT2D eigenvalue weighted by atomic mass is 35.5. The maximum Gasteiger partial charge on any atom is 0.428 e. The summed E-state index contributed by atoms with van der Waals surface area (Å²) in [6, 6.07) is 11.3. The summed E-state index contributed by atoms with van der Waals surface area (Å²) >= 11 is 11.6. The number of aliphatic hydroxyl groups is 1. The minimum absolute atomic E-state index is 0.0282. The van der Waals surface area contributed by atoms with E-state index < -0.39 is 39.1 Å². The Morgan fingerprint density at radius 2 is 1.77 bits per heavy atom. The molecule has 1 aliphatic rings. The number of alkyl halides is 3. The number of benzene rings is 3. The third-order valence-corrected chi connectivity index (χ3v) is 6.62. The van der Waals surface area contributed by atoms with Crippen molar-refractivity contribution in [3.63, 3.8) is 0 Å². The highest BCUT2D eigenvalue weighted by molar-refractivity contribution is 6.35. The summed E-state index contributed by atoms with van der Waals surface area (Å²) in [7, 11) is 0. The number of aliphatic hydroxyl groups excluding tert-OH is 1. The maximum atomic E-state index is 14.4. The molecule has 0 saturated heterocycles. The lowest BCUT2D eigenvalue weighted by Gasteiger charge is -2.28. The van der Waals surface area contributed by atoms with Gasteiger partial charge in [-0.05, 0) is 47.9 Å². The summed E-state index contributed by atoms with van der Waals surface area (Å²) < 4.78 is 57.2. The molecule has 4 N–H and O–H groups in total. The fourth-order valence-electron chi connectivity index (χ4n) is 4.10. The van der Waals surface area contributed by atoms with Crippen LogP contribution in [-0.2, 0) is 15.3 Å². The van der Waals surface area contributed by atoms with Gasteiger partial charge in [-0.1, -0.05) is 53.5 Å². The van der Waals surface area contributed by atoms with Crippen LogP contribution in [0.1, 0.15) is 34.3 Å². The molecule has 0 aromatic heterocycles. The molecule has 1 atom stereocenters. The van der Waals surface area contributed by atoms with Gasteiger partial charge in [-0.25, -0.2) is 4.39 Å². The lowest BCUT2D eigenvalue weighted by atomic mass is 9.90. The topological polar surface area (TPSA) is 91.9 Å². The second-order valence-corrected chi connectivity index (χ2v) is 9.47. The van der Waals surface area contributed by atoms with E-state index in [9.17, 15) is 22.4 Å². The Labute approximate surface area is 236 Å². The third-order valence-electron chi connectivity index (χ3n) is 6.07. The Kier molecular flexibility index (Phi) is 9.22. The normalized spacial score (nSPS) is 17.2. The number of carbonyl (C=O) groups is 1. The molecular weight excluding hydrogens is 577 g/mol. The molecular formula is C27H23Cl2F4N3O4. The van der Waals surface area contributed by atoms with Crippen LogP contribution >= 0.6 is 23.2 Å². The average Bonchev–Trinajstić information content (AvgIpc) is 3.39. The van der Waals surface area contributed by atoms with Crippen molar-refractivity contribution in [1.29, 1.82) is 0 Å². The number of amides is 1. The number of hydrogen-bond donors (Lipinski definition) is 4. The SMILES string of the molecule is O=C(NC=CNOCCCCO)c1ccc(C2=CC(c3cc(Cl)c(F)c(Cl)c3)(C(F)(F)F)ON2)c2ccccc12. The van der Waals surface area contributed by atoms with E-state index in [0.717, 1.165) is 18.2 Å². The molecule has 3 aromatic rings. The van der Waals surface area contributed by atoms with E-state index >= 15 is 0 Å².